The van der Waals surface area contributed by atoms with Gasteiger partial charge in [-0.05, 0) is 135 Å². The predicted molar refractivity (Wildman–Crippen MR) is 292 cm³/mol. The van der Waals surface area contributed by atoms with Crippen LogP contribution >= 0.6 is 11.3 Å². The molecule has 1 aromatic heterocycles. The summed E-state index contributed by atoms with van der Waals surface area (Å²) in [6, 6.07) is 55.0. The van der Waals surface area contributed by atoms with E-state index in [0.29, 0.717) is 0 Å². The fourth-order valence-corrected chi connectivity index (χ4v) is 13.9. The molecule has 1 fully saturated rings. The summed E-state index contributed by atoms with van der Waals surface area (Å²) in [5.41, 5.74) is 19.7. The summed E-state index contributed by atoms with van der Waals surface area (Å²) in [5.74, 6) is 0. The minimum absolute atomic E-state index is 0.00909. The molecule has 5 heteroatoms. The van der Waals surface area contributed by atoms with Crippen LogP contribution < -0.4 is 31.1 Å². The molecule has 67 heavy (non-hydrogen) atoms. The van der Waals surface area contributed by atoms with Gasteiger partial charge in [0, 0.05) is 65.4 Å². The topological polar surface area (TPSA) is 9.72 Å². The van der Waals surface area contributed by atoms with Gasteiger partial charge in [-0.1, -0.05) is 161 Å². The number of hydrogen-bond donors (Lipinski definition) is 0. The molecule has 0 N–H and O–H groups in total. The first kappa shape index (κ1) is 42.6. The van der Waals surface area contributed by atoms with Gasteiger partial charge in [0.25, 0.3) is 6.71 Å². The van der Waals surface area contributed by atoms with E-state index in [4.69, 9.17) is 0 Å². The average molecular weight is 894 g/mol. The zero-order chi connectivity index (χ0) is 46.6. The van der Waals surface area contributed by atoms with Crippen LogP contribution in [-0.2, 0) is 21.7 Å². The van der Waals surface area contributed by atoms with Crippen molar-refractivity contribution < 1.29 is 0 Å². The number of fused-ring (bicyclic) bond motifs is 10. The summed E-state index contributed by atoms with van der Waals surface area (Å²) < 4.78 is 2.64. The smallest absolute Gasteiger partial charge is 0.252 e. The van der Waals surface area contributed by atoms with Crippen LogP contribution in [0.5, 0.6) is 0 Å². The highest BCUT2D eigenvalue weighted by molar-refractivity contribution is 7.26. The highest BCUT2D eigenvalue weighted by Crippen LogP contribution is 2.62. The second-order valence-corrected chi connectivity index (χ2v) is 24.8. The van der Waals surface area contributed by atoms with Crippen molar-refractivity contribution >= 4 is 100 Å². The summed E-state index contributed by atoms with van der Waals surface area (Å²) in [6.07, 6.45) is 4.83. The second-order valence-electron chi connectivity index (χ2n) is 23.8. The Morgan fingerprint density at radius 3 is 1.70 bits per heavy atom. The molecule has 3 aliphatic heterocycles. The number of benzene rings is 7. The molecule has 4 heterocycles. The van der Waals surface area contributed by atoms with Gasteiger partial charge in [0.1, 0.15) is 0 Å². The molecule has 8 aromatic rings. The number of thiophene rings is 1. The zero-order valence-corrected chi connectivity index (χ0v) is 42.3. The molecule has 4 aliphatic rings. The third kappa shape index (κ3) is 6.15. The zero-order valence-electron chi connectivity index (χ0n) is 41.4. The van der Waals surface area contributed by atoms with Crippen molar-refractivity contribution in [2.45, 2.75) is 129 Å². The lowest BCUT2D eigenvalue weighted by Crippen LogP contribution is -2.62. The van der Waals surface area contributed by atoms with E-state index in [0.717, 1.165) is 6.42 Å². The monoisotopic (exact) mass is 893 g/mol. The maximum absolute atomic E-state index is 2.79. The Hall–Kier alpha value is -5.78. The van der Waals surface area contributed by atoms with Crippen molar-refractivity contribution in [3.8, 4) is 0 Å². The van der Waals surface area contributed by atoms with Crippen LogP contribution in [0.3, 0.4) is 0 Å². The van der Waals surface area contributed by atoms with Gasteiger partial charge < -0.3 is 14.7 Å². The van der Waals surface area contributed by atoms with E-state index in [2.05, 4.69) is 230 Å². The van der Waals surface area contributed by atoms with E-state index < -0.39 is 0 Å². The van der Waals surface area contributed by atoms with Gasteiger partial charge in [0.05, 0.1) is 11.2 Å². The molecule has 0 amide bonds. The molecule has 336 valence electrons. The third-order valence-corrected chi connectivity index (χ3v) is 17.8. The fourth-order valence-electron chi connectivity index (χ4n) is 12.7. The maximum Gasteiger partial charge on any atom is 0.252 e. The third-order valence-electron chi connectivity index (χ3n) is 16.7. The lowest BCUT2D eigenvalue weighted by Gasteiger charge is -2.51. The van der Waals surface area contributed by atoms with Crippen molar-refractivity contribution in [2.75, 3.05) is 14.7 Å². The quantitative estimate of drug-likeness (QED) is 0.164. The van der Waals surface area contributed by atoms with Gasteiger partial charge >= 0.3 is 0 Å². The molecule has 0 radical (unpaired) electrons. The van der Waals surface area contributed by atoms with Crippen LogP contribution in [0.25, 0.3) is 20.2 Å². The van der Waals surface area contributed by atoms with Crippen molar-refractivity contribution in [2.24, 2.45) is 0 Å². The molecule has 0 saturated heterocycles. The first-order chi connectivity index (χ1) is 31.9. The standard InChI is InChI=1S/C62H64BN3S/c1-58(2,3)39-25-29-42(30-26-39)64-49-31-27-40(59(4,5)6)35-46(49)63-47-36-41(60(7,8)9)28-32-50(47)65(51-22-18-24-55-56(51)44-19-12-15-23-54(44)67-55)53-38-43(37-52(64)57(53)63)66-48-21-14-13-20-45(48)61(10)33-16-17-34-62(61,66)11/h12-15,18-32,35-38H,16-17,33-34H2,1-11H3. The molecule has 7 aromatic carbocycles. The van der Waals surface area contributed by atoms with Crippen molar-refractivity contribution in [1.82, 2.24) is 0 Å². The molecule has 0 spiro atoms. The van der Waals surface area contributed by atoms with Crippen LogP contribution in [0.4, 0.5) is 45.5 Å². The Kier molecular flexibility index (Phi) is 9.13. The molecular formula is C62H64BN3S. The highest BCUT2D eigenvalue weighted by Gasteiger charge is 2.58. The minimum atomic E-state index is -0.106. The number of rotatable bonds is 3. The fraction of sp³-hybridized carbons (Fsp3) is 0.323. The predicted octanol–water partition coefficient (Wildman–Crippen LogP) is 15.8. The Labute approximate surface area is 403 Å². The van der Waals surface area contributed by atoms with Gasteiger partial charge in [-0.3, -0.25) is 0 Å². The maximum atomic E-state index is 2.79. The largest absolute Gasteiger partial charge is 0.334 e. The number of anilines is 8. The van der Waals surface area contributed by atoms with E-state index in [1.165, 1.54) is 124 Å². The van der Waals surface area contributed by atoms with E-state index in [-0.39, 0.29) is 33.9 Å². The average Bonchev–Trinajstić information content (AvgIpc) is 3.78. The molecule has 1 saturated carbocycles. The number of hydrogen-bond acceptors (Lipinski definition) is 4. The molecule has 1 aliphatic carbocycles. The Morgan fingerprint density at radius 1 is 0.478 bits per heavy atom. The van der Waals surface area contributed by atoms with Gasteiger partial charge in [0.15, 0.2) is 0 Å². The summed E-state index contributed by atoms with van der Waals surface area (Å²) in [7, 11) is 0. The molecule has 12 rings (SSSR count). The normalized spacial score (nSPS) is 19.9. The van der Waals surface area contributed by atoms with Crippen molar-refractivity contribution in [1.29, 1.82) is 0 Å². The van der Waals surface area contributed by atoms with Crippen LogP contribution in [0.15, 0.2) is 140 Å². The van der Waals surface area contributed by atoms with Crippen LogP contribution in [0.1, 0.15) is 124 Å². The van der Waals surface area contributed by atoms with E-state index >= 15 is 0 Å². The summed E-state index contributed by atoms with van der Waals surface area (Å²) in [6.45, 7) is 26.3. The Morgan fingerprint density at radius 2 is 1.03 bits per heavy atom. The first-order valence-corrected chi connectivity index (χ1v) is 25.7. The summed E-state index contributed by atoms with van der Waals surface area (Å²) >= 11 is 1.91. The first-order valence-electron chi connectivity index (χ1n) is 24.8. The van der Waals surface area contributed by atoms with E-state index in [1.807, 2.05) is 11.3 Å². The van der Waals surface area contributed by atoms with Gasteiger partial charge in [-0.25, -0.2) is 0 Å². The van der Waals surface area contributed by atoms with Crippen LogP contribution in [-0.4, -0.2) is 12.3 Å². The van der Waals surface area contributed by atoms with E-state index in [9.17, 15) is 0 Å². The molecule has 0 bridgehead atoms. The van der Waals surface area contributed by atoms with Gasteiger partial charge in [-0.15, -0.1) is 11.3 Å². The van der Waals surface area contributed by atoms with E-state index in [1.54, 1.807) is 0 Å². The SMILES string of the molecule is CC(C)(C)c1ccc(N2c3ccc(C(C)(C)C)cc3B3c4cc(C(C)(C)C)ccc4N(c4cccc5sc6ccccc6c45)c4cc(N5c6ccccc6C6(C)CCCCC56C)cc2c43)cc1. The Bertz CT molecular complexity index is 3320. The second kappa shape index (κ2) is 14.4. The Balaban J connectivity index is 1.24. The van der Waals surface area contributed by atoms with Crippen molar-refractivity contribution in [3.05, 3.63) is 162 Å². The lowest BCUT2D eigenvalue weighted by atomic mass is 9.33. The van der Waals surface area contributed by atoms with Gasteiger partial charge in [-0.2, -0.15) is 0 Å². The van der Waals surface area contributed by atoms with Gasteiger partial charge in [0.2, 0.25) is 0 Å². The van der Waals surface area contributed by atoms with Crippen LogP contribution in [0, 0.1) is 0 Å². The lowest BCUT2D eigenvalue weighted by molar-refractivity contribution is 0.195. The molecule has 3 nitrogen and oxygen atoms in total. The molecular weight excluding hydrogens is 830 g/mol. The highest BCUT2D eigenvalue weighted by atomic mass is 32.1. The van der Waals surface area contributed by atoms with Crippen molar-refractivity contribution in [3.63, 3.8) is 0 Å². The summed E-state index contributed by atoms with van der Waals surface area (Å²) in [4.78, 5) is 8.12. The molecule has 2 unspecified atom stereocenters. The molecule has 2 atom stereocenters. The minimum Gasteiger partial charge on any atom is -0.334 e. The van der Waals surface area contributed by atoms with Crippen LogP contribution in [0.2, 0.25) is 0 Å². The number of para-hydroxylation sites is 1. The summed E-state index contributed by atoms with van der Waals surface area (Å²) in [5, 5.41) is 2.64. The number of nitrogens with zero attached hydrogens (tertiary/aromatic N) is 3.